The van der Waals surface area contributed by atoms with E-state index in [1.165, 1.54) is 53.5 Å². The summed E-state index contributed by atoms with van der Waals surface area (Å²) >= 11 is 0. The van der Waals surface area contributed by atoms with E-state index in [2.05, 4.69) is 71.0 Å². The van der Waals surface area contributed by atoms with E-state index >= 15 is 0 Å². The summed E-state index contributed by atoms with van der Waals surface area (Å²) in [5.74, 6) is 0.307. The Kier molecular flexibility index (Phi) is 5.64. The summed E-state index contributed by atoms with van der Waals surface area (Å²) in [5, 5.41) is 10.3. The van der Waals surface area contributed by atoms with Gasteiger partial charge in [-0.15, -0.1) is 0 Å². The lowest BCUT2D eigenvalue weighted by atomic mass is 9.62. The molecule has 2 nitrogen and oxygen atoms in total. The molecule has 1 saturated carbocycles. The van der Waals surface area contributed by atoms with Gasteiger partial charge in [-0.3, -0.25) is 0 Å². The molecule has 2 aliphatic rings. The van der Waals surface area contributed by atoms with Crippen LogP contribution in [0.2, 0.25) is 0 Å². The number of rotatable bonds is 6. The Morgan fingerprint density at radius 3 is 2.00 bits per heavy atom. The van der Waals surface area contributed by atoms with Crippen LogP contribution in [0.4, 0.5) is 0 Å². The fraction of sp³-hybridized carbons (Fsp3) is 0.500. The third-order valence-electron chi connectivity index (χ3n) is 8.27. The van der Waals surface area contributed by atoms with Crippen molar-refractivity contribution in [1.29, 1.82) is 0 Å². The maximum atomic E-state index is 10.6. The number of carbonyl (C=O) groups excluding carboxylic acids is 1. The first-order valence-corrected chi connectivity index (χ1v) is 12.1. The molecule has 0 unspecified atom stereocenters. The van der Waals surface area contributed by atoms with Gasteiger partial charge >= 0.3 is 0 Å². The highest BCUT2D eigenvalue weighted by molar-refractivity contribution is 5.67. The molecule has 0 radical (unpaired) electrons. The van der Waals surface area contributed by atoms with Gasteiger partial charge in [0, 0.05) is 18.3 Å². The number of allylic oxidation sites excluding steroid dienone is 2. The highest BCUT2D eigenvalue weighted by Gasteiger charge is 2.48. The fourth-order valence-electron chi connectivity index (χ4n) is 5.67. The SMILES string of the molecule is C/C(=C(/O)CCC=O)c1ccc(C2(c3cc4c(cc3C)C(C)(C)CCC4(C)C)CC2)cc1. The molecule has 1 fully saturated rings. The molecule has 32 heavy (non-hydrogen) atoms. The molecule has 0 amide bonds. The van der Waals surface area contributed by atoms with E-state index < -0.39 is 0 Å². The van der Waals surface area contributed by atoms with Gasteiger partial charge in [0.05, 0.1) is 5.76 Å². The van der Waals surface area contributed by atoms with E-state index in [0.717, 1.165) is 17.4 Å². The number of benzene rings is 2. The van der Waals surface area contributed by atoms with Gasteiger partial charge in [-0.25, -0.2) is 0 Å². The number of aldehydes is 1. The van der Waals surface area contributed by atoms with E-state index in [-0.39, 0.29) is 16.2 Å². The number of hydrogen-bond acceptors (Lipinski definition) is 2. The Hall–Kier alpha value is -2.35. The minimum absolute atomic E-state index is 0.118. The quantitative estimate of drug-likeness (QED) is 0.377. The lowest BCUT2D eigenvalue weighted by molar-refractivity contribution is -0.107. The normalized spacial score (nSPS) is 20.8. The molecule has 2 heteroatoms. The number of fused-ring (bicyclic) bond motifs is 1. The van der Waals surface area contributed by atoms with E-state index in [4.69, 9.17) is 0 Å². The summed E-state index contributed by atoms with van der Waals surface area (Å²) in [5.41, 5.74) is 9.81. The molecule has 0 spiro atoms. The summed E-state index contributed by atoms with van der Waals surface area (Å²) < 4.78 is 0. The van der Waals surface area contributed by atoms with Crippen molar-refractivity contribution in [1.82, 2.24) is 0 Å². The molecule has 4 rings (SSSR count). The van der Waals surface area contributed by atoms with Gasteiger partial charge in [0.15, 0.2) is 0 Å². The van der Waals surface area contributed by atoms with Gasteiger partial charge in [0.1, 0.15) is 6.29 Å². The topological polar surface area (TPSA) is 37.3 Å². The molecule has 2 aliphatic carbocycles. The number of aryl methyl sites for hydroxylation is 1. The van der Waals surface area contributed by atoms with Gasteiger partial charge in [0.25, 0.3) is 0 Å². The molecule has 2 aromatic carbocycles. The summed E-state index contributed by atoms with van der Waals surface area (Å²) in [7, 11) is 0. The predicted molar refractivity (Wildman–Crippen MR) is 133 cm³/mol. The third-order valence-corrected chi connectivity index (χ3v) is 8.27. The van der Waals surface area contributed by atoms with Gasteiger partial charge in [-0.1, -0.05) is 64.1 Å². The average molecular weight is 431 g/mol. The monoisotopic (exact) mass is 430 g/mol. The smallest absolute Gasteiger partial charge is 0.120 e. The molecular formula is C30H38O2. The first-order chi connectivity index (χ1) is 15.0. The van der Waals surface area contributed by atoms with Crippen molar-refractivity contribution in [3.63, 3.8) is 0 Å². The molecule has 0 bridgehead atoms. The minimum atomic E-state index is 0.118. The van der Waals surface area contributed by atoms with Crippen LogP contribution in [0.1, 0.15) is 107 Å². The Morgan fingerprint density at radius 2 is 1.47 bits per heavy atom. The van der Waals surface area contributed by atoms with E-state index in [9.17, 15) is 9.90 Å². The minimum Gasteiger partial charge on any atom is -0.512 e. The second-order valence-corrected chi connectivity index (χ2v) is 11.4. The van der Waals surface area contributed by atoms with Crippen LogP contribution in [0.15, 0.2) is 42.2 Å². The first kappa shape index (κ1) is 22.8. The number of hydrogen-bond donors (Lipinski definition) is 1. The zero-order chi connectivity index (χ0) is 23.3. The van der Waals surface area contributed by atoms with Crippen LogP contribution in [0.25, 0.3) is 5.57 Å². The standard InChI is InChI=1S/C30H38O2/c1-20-18-25-26(29(5,6)14-13-28(25,3)4)19-24(20)30(15-16-30)23-11-9-22(10-12-23)21(2)27(32)8-7-17-31/h9-12,17-19,32H,7-8,13-16H2,1-6H3/b27-21-. The second kappa shape index (κ2) is 7.90. The summed E-state index contributed by atoms with van der Waals surface area (Å²) in [6, 6.07) is 13.8. The Morgan fingerprint density at radius 1 is 0.906 bits per heavy atom. The van der Waals surface area contributed by atoms with Crippen molar-refractivity contribution in [3.05, 3.63) is 75.5 Å². The zero-order valence-electron chi connectivity index (χ0n) is 20.6. The second-order valence-electron chi connectivity index (χ2n) is 11.4. The van der Waals surface area contributed by atoms with Crippen LogP contribution in [0.5, 0.6) is 0 Å². The van der Waals surface area contributed by atoms with Crippen molar-refractivity contribution < 1.29 is 9.90 Å². The highest BCUT2D eigenvalue weighted by Crippen LogP contribution is 2.56. The maximum Gasteiger partial charge on any atom is 0.120 e. The lowest BCUT2D eigenvalue weighted by Gasteiger charge is -2.43. The van der Waals surface area contributed by atoms with Crippen molar-refractivity contribution in [2.75, 3.05) is 0 Å². The highest BCUT2D eigenvalue weighted by atomic mass is 16.3. The van der Waals surface area contributed by atoms with Crippen molar-refractivity contribution in [2.45, 2.75) is 96.3 Å². The number of aliphatic hydroxyl groups is 1. The molecule has 170 valence electrons. The molecule has 0 aromatic heterocycles. The Bertz CT molecular complexity index is 1060. The average Bonchev–Trinajstić information content (AvgIpc) is 3.56. The summed E-state index contributed by atoms with van der Waals surface area (Å²) in [6.45, 7) is 13.8. The van der Waals surface area contributed by atoms with E-state index in [0.29, 0.717) is 18.6 Å². The van der Waals surface area contributed by atoms with Crippen LogP contribution < -0.4 is 0 Å². The van der Waals surface area contributed by atoms with Gasteiger partial charge in [-0.2, -0.15) is 0 Å². The lowest BCUT2D eigenvalue weighted by Crippen LogP contribution is -2.34. The number of carbonyl (C=O) groups is 1. The molecular weight excluding hydrogens is 392 g/mol. The molecule has 1 N–H and O–H groups in total. The van der Waals surface area contributed by atoms with Crippen molar-refractivity contribution in [3.8, 4) is 0 Å². The van der Waals surface area contributed by atoms with Crippen molar-refractivity contribution in [2.24, 2.45) is 0 Å². The zero-order valence-corrected chi connectivity index (χ0v) is 20.6. The van der Waals surface area contributed by atoms with Crippen LogP contribution >= 0.6 is 0 Å². The predicted octanol–water partition coefficient (Wildman–Crippen LogP) is 7.69. The van der Waals surface area contributed by atoms with E-state index in [1.54, 1.807) is 0 Å². The molecule has 2 aromatic rings. The number of aliphatic hydroxyl groups excluding tert-OH is 1. The van der Waals surface area contributed by atoms with Gasteiger partial charge in [-0.05, 0) is 89.3 Å². The maximum absolute atomic E-state index is 10.6. The Balaban J connectivity index is 1.72. The largest absolute Gasteiger partial charge is 0.512 e. The van der Waals surface area contributed by atoms with Crippen LogP contribution in [-0.2, 0) is 21.0 Å². The summed E-state index contributed by atoms with van der Waals surface area (Å²) in [6.07, 6.45) is 6.47. The van der Waals surface area contributed by atoms with E-state index in [1.807, 2.05) is 6.92 Å². The third kappa shape index (κ3) is 3.83. The van der Waals surface area contributed by atoms with Crippen LogP contribution in [-0.4, -0.2) is 11.4 Å². The van der Waals surface area contributed by atoms with Crippen LogP contribution in [0.3, 0.4) is 0 Å². The first-order valence-electron chi connectivity index (χ1n) is 12.1. The van der Waals surface area contributed by atoms with Crippen LogP contribution in [0, 0.1) is 6.92 Å². The molecule has 0 heterocycles. The van der Waals surface area contributed by atoms with Crippen molar-refractivity contribution >= 4 is 11.9 Å². The fourth-order valence-corrected chi connectivity index (χ4v) is 5.67. The summed E-state index contributed by atoms with van der Waals surface area (Å²) in [4.78, 5) is 10.6. The van der Waals surface area contributed by atoms with Gasteiger partial charge in [0.2, 0.25) is 0 Å². The molecule has 0 saturated heterocycles. The van der Waals surface area contributed by atoms with Gasteiger partial charge < -0.3 is 9.90 Å². The molecule has 0 atom stereocenters. The Labute approximate surface area is 193 Å². The molecule has 0 aliphatic heterocycles.